The molecule has 0 aliphatic heterocycles. The highest BCUT2D eigenvalue weighted by Gasteiger charge is 2.00. The Balaban J connectivity index is -0.000000283. The molecule has 146 valence electrons. The summed E-state index contributed by atoms with van der Waals surface area (Å²) >= 11 is 7.71. The highest BCUT2D eigenvalue weighted by molar-refractivity contribution is 7.81. The van der Waals surface area contributed by atoms with Gasteiger partial charge in [0.05, 0.1) is 12.8 Å². The summed E-state index contributed by atoms with van der Waals surface area (Å²) in [5.74, 6) is -1.58. The van der Waals surface area contributed by atoms with Crippen LogP contribution in [0.4, 0.5) is 0 Å². The SMILES string of the molecule is CC(S)CC(=O)O.CC(S)CC(=O)O.CCCCCCCC(O)O. The first-order chi connectivity index (χ1) is 11.0. The molecule has 0 radical (unpaired) electrons. The van der Waals surface area contributed by atoms with Crippen molar-refractivity contribution < 1.29 is 30.0 Å². The number of rotatable bonds is 10. The quantitative estimate of drug-likeness (QED) is 0.195. The van der Waals surface area contributed by atoms with Crippen LogP contribution in [0, 0.1) is 0 Å². The third-order valence-corrected chi connectivity index (χ3v) is 2.87. The van der Waals surface area contributed by atoms with Gasteiger partial charge in [-0.2, -0.15) is 25.3 Å². The minimum absolute atomic E-state index is 0.0301. The average Bonchev–Trinajstić information content (AvgIpc) is 2.36. The van der Waals surface area contributed by atoms with Crippen molar-refractivity contribution in [3.05, 3.63) is 0 Å². The van der Waals surface area contributed by atoms with Crippen molar-refractivity contribution >= 4 is 37.2 Å². The summed E-state index contributed by atoms with van der Waals surface area (Å²) in [7, 11) is 0. The monoisotopic (exact) mass is 386 g/mol. The van der Waals surface area contributed by atoms with Gasteiger partial charge in [-0.15, -0.1) is 0 Å². The zero-order valence-electron chi connectivity index (χ0n) is 14.9. The average molecular weight is 387 g/mol. The van der Waals surface area contributed by atoms with Gasteiger partial charge < -0.3 is 20.4 Å². The fourth-order valence-electron chi connectivity index (χ4n) is 1.44. The first-order valence-electron chi connectivity index (χ1n) is 8.18. The van der Waals surface area contributed by atoms with Gasteiger partial charge in [-0.25, -0.2) is 0 Å². The number of carboxylic acids is 2. The van der Waals surface area contributed by atoms with Crippen LogP contribution in [0.5, 0.6) is 0 Å². The standard InChI is InChI=1S/C8H18O2.2C4H8O2S/c1-2-3-4-5-6-7-8(9)10;2*1-3(7)2-4(5)6/h8-10H,2-7H2,1H3;2*3,7H,2H2,1H3,(H,5,6). The topological polar surface area (TPSA) is 115 Å². The molecule has 0 aliphatic carbocycles. The van der Waals surface area contributed by atoms with Crippen LogP contribution < -0.4 is 0 Å². The summed E-state index contributed by atoms with van der Waals surface area (Å²) in [4.78, 5) is 19.5. The first-order valence-corrected chi connectivity index (χ1v) is 9.21. The maximum atomic E-state index is 9.76. The predicted molar refractivity (Wildman–Crippen MR) is 103 cm³/mol. The Bertz CT molecular complexity index is 276. The Labute approximate surface area is 156 Å². The Kier molecular flexibility index (Phi) is 24.4. The van der Waals surface area contributed by atoms with Gasteiger partial charge >= 0.3 is 11.9 Å². The van der Waals surface area contributed by atoms with Crippen LogP contribution in [-0.4, -0.2) is 49.2 Å². The maximum Gasteiger partial charge on any atom is 0.304 e. The molecule has 0 aromatic rings. The minimum atomic E-state index is -1.10. The minimum Gasteiger partial charge on any atom is -0.481 e. The molecule has 6 nitrogen and oxygen atoms in total. The van der Waals surface area contributed by atoms with E-state index in [1.165, 1.54) is 19.3 Å². The van der Waals surface area contributed by atoms with E-state index in [1.54, 1.807) is 13.8 Å². The smallest absolute Gasteiger partial charge is 0.304 e. The molecule has 8 heteroatoms. The van der Waals surface area contributed by atoms with Crippen LogP contribution in [0.1, 0.15) is 72.1 Å². The molecule has 0 aliphatic rings. The normalized spacial score (nSPS) is 12.3. The number of carbonyl (C=O) groups is 2. The Hall–Kier alpha value is -0.440. The Morgan fingerprint density at radius 3 is 1.42 bits per heavy atom. The highest BCUT2D eigenvalue weighted by Crippen LogP contribution is 2.05. The highest BCUT2D eigenvalue weighted by atomic mass is 32.1. The maximum absolute atomic E-state index is 9.76. The molecule has 0 spiro atoms. The largest absolute Gasteiger partial charge is 0.481 e. The molecule has 0 heterocycles. The predicted octanol–water partition coefficient (Wildman–Crippen LogP) is 3.22. The van der Waals surface area contributed by atoms with Crippen LogP contribution in [0.2, 0.25) is 0 Å². The number of hydrogen-bond acceptors (Lipinski definition) is 6. The second kappa shape index (κ2) is 20.6. The van der Waals surface area contributed by atoms with Gasteiger partial charge in [0.1, 0.15) is 0 Å². The molecule has 0 amide bonds. The van der Waals surface area contributed by atoms with Crippen molar-refractivity contribution in [3.8, 4) is 0 Å². The number of unbranched alkanes of at least 4 members (excludes halogenated alkanes) is 4. The molecule has 0 aromatic carbocycles. The summed E-state index contributed by atoms with van der Waals surface area (Å²) in [5.41, 5.74) is 0. The summed E-state index contributed by atoms with van der Waals surface area (Å²) < 4.78 is 0. The lowest BCUT2D eigenvalue weighted by Gasteiger charge is -2.01. The van der Waals surface area contributed by atoms with Crippen molar-refractivity contribution in [2.24, 2.45) is 0 Å². The van der Waals surface area contributed by atoms with E-state index in [-0.39, 0.29) is 23.3 Å². The zero-order chi connectivity index (χ0) is 19.5. The van der Waals surface area contributed by atoms with E-state index in [2.05, 4.69) is 32.2 Å². The fraction of sp³-hybridized carbons (Fsp3) is 0.875. The van der Waals surface area contributed by atoms with E-state index in [9.17, 15) is 9.59 Å². The van der Waals surface area contributed by atoms with Gasteiger partial charge in [-0.1, -0.05) is 46.5 Å². The van der Waals surface area contributed by atoms with Crippen molar-refractivity contribution in [1.29, 1.82) is 0 Å². The molecule has 0 saturated carbocycles. The molecular weight excluding hydrogens is 352 g/mol. The molecule has 0 rings (SSSR count). The van der Waals surface area contributed by atoms with Gasteiger partial charge in [0.2, 0.25) is 0 Å². The van der Waals surface area contributed by atoms with Gasteiger partial charge in [0.15, 0.2) is 6.29 Å². The van der Waals surface area contributed by atoms with Crippen LogP contribution in [0.25, 0.3) is 0 Å². The second-order valence-electron chi connectivity index (χ2n) is 5.58. The van der Waals surface area contributed by atoms with Crippen molar-refractivity contribution in [2.75, 3.05) is 0 Å². The second-order valence-corrected chi connectivity index (χ2v) is 7.34. The number of carboxylic acid groups (broad SMARTS) is 2. The van der Waals surface area contributed by atoms with E-state index in [0.717, 1.165) is 12.8 Å². The fourth-order valence-corrected chi connectivity index (χ4v) is 1.75. The lowest BCUT2D eigenvalue weighted by molar-refractivity contribution is -0.137. The molecular formula is C16H34O6S2. The molecule has 0 aromatic heterocycles. The summed E-state index contributed by atoms with van der Waals surface area (Å²) in [6.07, 6.45) is 5.52. The van der Waals surface area contributed by atoms with Crippen LogP contribution in [0.15, 0.2) is 0 Å². The van der Waals surface area contributed by atoms with Crippen LogP contribution >= 0.6 is 25.3 Å². The molecule has 0 bridgehead atoms. The van der Waals surface area contributed by atoms with Crippen molar-refractivity contribution in [3.63, 3.8) is 0 Å². The van der Waals surface area contributed by atoms with Gasteiger partial charge in [0, 0.05) is 10.5 Å². The van der Waals surface area contributed by atoms with Crippen molar-refractivity contribution in [2.45, 2.75) is 88.9 Å². The van der Waals surface area contributed by atoms with Crippen LogP contribution in [-0.2, 0) is 9.59 Å². The summed E-state index contributed by atoms with van der Waals surface area (Å²) in [5, 5.41) is 32.9. The third kappa shape index (κ3) is 43.0. The van der Waals surface area contributed by atoms with Gasteiger partial charge in [-0.3, -0.25) is 9.59 Å². The van der Waals surface area contributed by atoms with Gasteiger partial charge in [-0.05, 0) is 12.8 Å². The van der Waals surface area contributed by atoms with E-state index >= 15 is 0 Å². The number of thiol groups is 2. The molecule has 0 fully saturated rings. The van der Waals surface area contributed by atoms with Gasteiger partial charge in [0.25, 0.3) is 0 Å². The number of hydrogen-bond donors (Lipinski definition) is 6. The zero-order valence-corrected chi connectivity index (χ0v) is 16.7. The molecule has 2 unspecified atom stereocenters. The number of aliphatic carboxylic acids is 2. The molecule has 0 saturated heterocycles. The van der Waals surface area contributed by atoms with E-state index in [4.69, 9.17) is 20.4 Å². The number of aliphatic hydroxyl groups is 2. The third-order valence-electron chi connectivity index (χ3n) is 2.51. The molecule has 2 atom stereocenters. The first kappa shape index (κ1) is 28.4. The molecule has 24 heavy (non-hydrogen) atoms. The van der Waals surface area contributed by atoms with Crippen molar-refractivity contribution in [1.82, 2.24) is 0 Å². The Morgan fingerprint density at radius 1 is 0.833 bits per heavy atom. The number of aliphatic hydroxyl groups excluding tert-OH is 1. The Morgan fingerprint density at radius 2 is 1.21 bits per heavy atom. The molecule has 4 N–H and O–H groups in total. The lowest BCUT2D eigenvalue weighted by Crippen LogP contribution is -2.02. The van der Waals surface area contributed by atoms with E-state index in [0.29, 0.717) is 6.42 Å². The van der Waals surface area contributed by atoms with E-state index in [1.807, 2.05) is 0 Å². The van der Waals surface area contributed by atoms with Crippen LogP contribution in [0.3, 0.4) is 0 Å². The summed E-state index contributed by atoms with van der Waals surface area (Å²) in [6, 6.07) is 0. The summed E-state index contributed by atoms with van der Waals surface area (Å²) in [6.45, 7) is 5.66. The lowest BCUT2D eigenvalue weighted by atomic mass is 10.1. The van der Waals surface area contributed by atoms with E-state index < -0.39 is 18.2 Å².